The number of nitrogens with one attached hydrogen (secondary N) is 1. The van der Waals surface area contributed by atoms with E-state index in [4.69, 9.17) is 5.26 Å². The highest BCUT2D eigenvalue weighted by Crippen LogP contribution is 2.25. The zero-order chi connectivity index (χ0) is 18.7. The summed E-state index contributed by atoms with van der Waals surface area (Å²) in [6, 6.07) is 3.86. The van der Waals surface area contributed by atoms with Crippen LogP contribution in [0.15, 0.2) is 18.5 Å². The summed E-state index contributed by atoms with van der Waals surface area (Å²) < 4.78 is 1.82. The third-order valence-corrected chi connectivity index (χ3v) is 4.73. The molecule has 1 fully saturated rings. The van der Waals surface area contributed by atoms with Crippen molar-refractivity contribution in [2.45, 2.75) is 39.8 Å². The molecular weight excluding hydrogens is 330 g/mol. The molecule has 1 N–H and O–H groups in total. The van der Waals surface area contributed by atoms with Gasteiger partial charge in [-0.05, 0) is 39.2 Å². The van der Waals surface area contributed by atoms with Crippen molar-refractivity contribution in [2.24, 2.45) is 5.92 Å². The number of aromatic nitrogens is 4. The lowest BCUT2D eigenvalue weighted by Crippen LogP contribution is -2.49. The second kappa shape index (κ2) is 7.52. The molecule has 2 aromatic rings. The Balaban J connectivity index is 1.49. The molecule has 1 atom stereocenters. The van der Waals surface area contributed by atoms with Crippen molar-refractivity contribution >= 4 is 11.7 Å². The lowest BCUT2D eigenvalue weighted by Gasteiger charge is -2.41. The van der Waals surface area contributed by atoms with Gasteiger partial charge in [0.1, 0.15) is 11.9 Å². The quantitative estimate of drug-likeness (QED) is 0.845. The van der Waals surface area contributed by atoms with Crippen molar-refractivity contribution < 1.29 is 4.79 Å². The highest BCUT2D eigenvalue weighted by atomic mass is 16.1. The van der Waals surface area contributed by atoms with Crippen molar-refractivity contribution in [2.75, 3.05) is 18.0 Å². The maximum absolute atomic E-state index is 12.4. The SMILES string of the molecule is CCn1ncc(C(=O)NC(C)CC2CN(c3ccnc(C#N)n3)C2)c1C. The Bertz CT molecular complexity index is 832. The van der Waals surface area contributed by atoms with Crippen molar-refractivity contribution in [1.29, 1.82) is 5.26 Å². The highest BCUT2D eigenvalue weighted by molar-refractivity contribution is 5.95. The number of anilines is 1. The number of amides is 1. The van der Waals surface area contributed by atoms with Crippen LogP contribution in [0.25, 0.3) is 0 Å². The molecule has 8 heteroatoms. The zero-order valence-electron chi connectivity index (χ0n) is 15.3. The number of aryl methyl sites for hydroxylation is 1. The van der Waals surface area contributed by atoms with Gasteiger partial charge in [-0.3, -0.25) is 9.48 Å². The minimum Gasteiger partial charge on any atom is -0.356 e. The van der Waals surface area contributed by atoms with Crippen LogP contribution < -0.4 is 10.2 Å². The number of carbonyl (C=O) groups is 1. The minimum atomic E-state index is -0.0691. The number of nitriles is 1. The van der Waals surface area contributed by atoms with Crippen LogP contribution in [0.5, 0.6) is 0 Å². The van der Waals surface area contributed by atoms with Crippen molar-refractivity contribution in [3.63, 3.8) is 0 Å². The predicted molar refractivity (Wildman–Crippen MR) is 96.6 cm³/mol. The summed E-state index contributed by atoms with van der Waals surface area (Å²) in [5.41, 5.74) is 1.53. The van der Waals surface area contributed by atoms with Crippen molar-refractivity contribution in [3.8, 4) is 6.07 Å². The van der Waals surface area contributed by atoms with E-state index in [-0.39, 0.29) is 17.8 Å². The molecule has 0 aliphatic carbocycles. The van der Waals surface area contributed by atoms with E-state index in [9.17, 15) is 4.79 Å². The average Bonchev–Trinajstić information content (AvgIpc) is 2.98. The molecule has 1 aliphatic rings. The van der Waals surface area contributed by atoms with Gasteiger partial charge in [-0.2, -0.15) is 10.4 Å². The lowest BCUT2D eigenvalue weighted by atomic mass is 9.92. The van der Waals surface area contributed by atoms with Crippen LogP contribution in [-0.2, 0) is 6.54 Å². The van der Waals surface area contributed by atoms with Gasteiger partial charge < -0.3 is 10.2 Å². The zero-order valence-corrected chi connectivity index (χ0v) is 15.3. The Hall–Kier alpha value is -2.95. The molecule has 0 saturated carbocycles. The molecule has 3 heterocycles. The smallest absolute Gasteiger partial charge is 0.254 e. The standard InChI is InChI=1S/C18H23N7O/c1-4-25-13(3)15(9-21-25)18(26)22-12(2)7-14-10-24(11-14)17-5-6-20-16(8-19)23-17/h5-6,9,12,14H,4,7,10-11H2,1-3H3,(H,22,26). The van der Waals surface area contributed by atoms with Gasteiger partial charge in [0.25, 0.3) is 5.91 Å². The van der Waals surface area contributed by atoms with Crippen LogP contribution >= 0.6 is 0 Å². The fourth-order valence-electron chi connectivity index (χ4n) is 3.33. The van der Waals surface area contributed by atoms with Crippen molar-refractivity contribution in [3.05, 3.63) is 35.5 Å². The van der Waals surface area contributed by atoms with Gasteiger partial charge in [0, 0.05) is 37.6 Å². The fourth-order valence-corrected chi connectivity index (χ4v) is 3.33. The van der Waals surface area contributed by atoms with Gasteiger partial charge >= 0.3 is 0 Å². The summed E-state index contributed by atoms with van der Waals surface area (Å²) in [7, 11) is 0. The first-order chi connectivity index (χ1) is 12.5. The van der Waals surface area contributed by atoms with Gasteiger partial charge in [-0.25, -0.2) is 9.97 Å². The minimum absolute atomic E-state index is 0.0691. The van der Waals surface area contributed by atoms with Crippen LogP contribution in [0.4, 0.5) is 5.82 Å². The molecule has 1 saturated heterocycles. The summed E-state index contributed by atoms with van der Waals surface area (Å²) in [5, 5.41) is 16.2. The van der Waals surface area contributed by atoms with E-state index in [0.29, 0.717) is 11.5 Å². The maximum Gasteiger partial charge on any atom is 0.254 e. The van der Waals surface area contributed by atoms with E-state index in [1.165, 1.54) is 0 Å². The molecule has 8 nitrogen and oxygen atoms in total. The normalized spacial score (nSPS) is 15.2. The lowest BCUT2D eigenvalue weighted by molar-refractivity contribution is 0.0932. The van der Waals surface area contributed by atoms with E-state index in [2.05, 4.69) is 25.3 Å². The maximum atomic E-state index is 12.4. The summed E-state index contributed by atoms with van der Waals surface area (Å²) in [4.78, 5) is 22.6. The van der Waals surface area contributed by atoms with Gasteiger partial charge in [-0.1, -0.05) is 0 Å². The first-order valence-electron chi connectivity index (χ1n) is 8.83. The molecule has 1 aliphatic heterocycles. The summed E-state index contributed by atoms with van der Waals surface area (Å²) in [6.45, 7) is 8.44. The van der Waals surface area contributed by atoms with Gasteiger partial charge in [0.05, 0.1) is 11.8 Å². The van der Waals surface area contributed by atoms with Crippen LogP contribution in [0, 0.1) is 24.2 Å². The highest BCUT2D eigenvalue weighted by Gasteiger charge is 2.29. The second-order valence-corrected chi connectivity index (χ2v) is 6.69. The molecule has 1 amide bonds. The molecule has 0 bridgehead atoms. The number of hydrogen-bond donors (Lipinski definition) is 1. The summed E-state index contributed by atoms with van der Waals surface area (Å²) in [5.74, 6) is 1.40. The molecular formula is C18H23N7O. The first kappa shape index (κ1) is 17.9. The van der Waals surface area contributed by atoms with Crippen LogP contribution in [0.1, 0.15) is 42.1 Å². The Morgan fingerprint density at radius 1 is 1.50 bits per heavy atom. The van der Waals surface area contributed by atoms with Gasteiger partial charge in [0.15, 0.2) is 0 Å². The molecule has 1 unspecified atom stereocenters. The monoisotopic (exact) mass is 353 g/mol. The first-order valence-corrected chi connectivity index (χ1v) is 8.83. The number of carbonyl (C=O) groups excluding carboxylic acids is 1. The molecule has 0 spiro atoms. The second-order valence-electron chi connectivity index (χ2n) is 6.69. The Morgan fingerprint density at radius 3 is 2.92 bits per heavy atom. The van der Waals surface area contributed by atoms with Crippen LogP contribution in [-0.4, -0.2) is 44.8 Å². The Kier molecular flexibility index (Phi) is 5.16. The number of rotatable bonds is 6. The third-order valence-electron chi connectivity index (χ3n) is 4.73. The summed E-state index contributed by atoms with van der Waals surface area (Å²) in [6.07, 6.45) is 4.14. The van der Waals surface area contributed by atoms with E-state index < -0.39 is 0 Å². The van der Waals surface area contributed by atoms with Gasteiger partial charge in [-0.15, -0.1) is 0 Å². The van der Waals surface area contributed by atoms with E-state index in [0.717, 1.165) is 37.6 Å². The number of hydrogen-bond acceptors (Lipinski definition) is 6. The molecule has 26 heavy (non-hydrogen) atoms. The Morgan fingerprint density at radius 2 is 2.27 bits per heavy atom. The van der Waals surface area contributed by atoms with E-state index in [1.54, 1.807) is 12.4 Å². The fraction of sp³-hybridized carbons (Fsp3) is 0.500. The molecule has 136 valence electrons. The van der Waals surface area contributed by atoms with Gasteiger partial charge in [0.2, 0.25) is 5.82 Å². The average molecular weight is 353 g/mol. The Labute approximate surface area is 152 Å². The third kappa shape index (κ3) is 3.67. The van der Waals surface area contributed by atoms with E-state index >= 15 is 0 Å². The number of nitrogens with zero attached hydrogens (tertiary/aromatic N) is 6. The van der Waals surface area contributed by atoms with Crippen LogP contribution in [0.3, 0.4) is 0 Å². The molecule has 0 aromatic carbocycles. The largest absolute Gasteiger partial charge is 0.356 e. The molecule has 2 aromatic heterocycles. The summed E-state index contributed by atoms with van der Waals surface area (Å²) >= 11 is 0. The topological polar surface area (TPSA) is 99.7 Å². The molecule has 3 rings (SSSR count). The predicted octanol–water partition coefficient (Wildman–Crippen LogP) is 1.52. The molecule has 0 radical (unpaired) electrons. The van der Waals surface area contributed by atoms with Crippen molar-refractivity contribution in [1.82, 2.24) is 25.1 Å². The van der Waals surface area contributed by atoms with E-state index in [1.807, 2.05) is 37.6 Å². The van der Waals surface area contributed by atoms with Crippen LogP contribution in [0.2, 0.25) is 0 Å².